The Kier molecular flexibility index (Phi) is 5.07. The van der Waals surface area contributed by atoms with Gasteiger partial charge in [-0.1, -0.05) is 18.2 Å². The number of likely N-dealkylation sites (tertiary alicyclic amines) is 1. The maximum Gasteiger partial charge on any atom is 0.251 e. The lowest BCUT2D eigenvalue weighted by molar-refractivity contribution is 0.196. The molecule has 3 aromatic rings. The number of aromatic nitrogens is 3. The van der Waals surface area contributed by atoms with Crippen LogP contribution in [0, 0.1) is 5.82 Å². The second kappa shape index (κ2) is 7.80. The lowest BCUT2D eigenvalue weighted by Crippen LogP contribution is -2.35. The van der Waals surface area contributed by atoms with Crippen molar-refractivity contribution in [3.63, 3.8) is 0 Å². The Labute approximate surface area is 156 Å². The Bertz CT molecular complexity index is 973. The van der Waals surface area contributed by atoms with Crippen LogP contribution in [0.2, 0.25) is 0 Å². The van der Waals surface area contributed by atoms with Gasteiger partial charge in [0.25, 0.3) is 5.56 Å². The van der Waals surface area contributed by atoms with Crippen LogP contribution in [0.1, 0.15) is 30.1 Å². The smallest absolute Gasteiger partial charge is 0.251 e. The van der Waals surface area contributed by atoms with Crippen molar-refractivity contribution in [3.8, 4) is 11.4 Å². The van der Waals surface area contributed by atoms with Crippen molar-refractivity contribution in [3.05, 3.63) is 82.3 Å². The molecule has 1 fully saturated rings. The Morgan fingerprint density at radius 2 is 2.07 bits per heavy atom. The van der Waals surface area contributed by atoms with Crippen molar-refractivity contribution in [2.45, 2.75) is 25.3 Å². The van der Waals surface area contributed by atoms with Crippen molar-refractivity contribution in [1.29, 1.82) is 0 Å². The van der Waals surface area contributed by atoms with Gasteiger partial charge in [0, 0.05) is 31.3 Å². The zero-order valence-electron chi connectivity index (χ0n) is 14.9. The van der Waals surface area contributed by atoms with Crippen molar-refractivity contribution in [2.24, 2.45) is 0 Å². The average molecular weight is 364 g/mol. The first kappa shape index (κ1) is 17.5. The molecule has 3 heterocycles. The van der Waals surface area contributed by atoms with Crippen LogP contribution < -0.4 is 5.56 Å². The SMILES string of the molecule is O=c1cc(-c2ccccn2)nc(C2CCCN(Cc3cccc(F)c3)C2)[nH]1. The number of piperidine rings is 1. The van der Waals surface area contributed by atoms with Crippen LogP contribution in [0.25, 0.3) is 11.4 Å². The molecule has 1 N–H and O–H groups in total. The summed E-state index contributed by atoms with van der Waals surface area (Å²) in [6.07, 6.45) is 3.67. The third-order valence-corrected chi connectivity index (χ3v) is 4.87. The van der Waals surface area contributed by atoms with E-state index < -0.39 is 0 Å². The monoisotopic (exact) mass is 364 g/mol. The van der Waals surface area contributed by atoms with Gasteiger partial charge in [-0.2, -0.15) is 0 Å². The minimum atomic E-state index is -0.213. The van der Waals surface area contributed by atoms with Crippen molar-refractivity contribution < 1.29 is 4.39 Å². The van der Waals surface area contributed by atoms with Crippen molar-refractivity contribution >= 4 is 0 Å². The molecule has 0 radical (unpaired) electrons. The molecule has 1 aliphatic heterocycles. The molecule has 0 bridgehead atoms. The molecule has 1 saturated heterocycles. The van der Waals surface area contributed by atoms with Gasteiger partial charge in [-0.05, 0) is 49.2 Å². The quantitative estimate of drug-likeness (QED) is 0.771. The molecule has 4 rings (SSSR count). The van der Waals surface area contributed by atoms with E-state index in [2.05, 4.69) is 19.9 Å². The van der Waals surface area contributed by atoms with Crippen molar-refractivity contribution in [1.82, 2.24) is 19.9 Å². The fourth-order valence-corrected chi connectivity index (χ4v) is 3.63. The molecule has 5 nitrogen and oxygen atoms in total. The molecule has 138 valence electrons. The number of H-pyrrole nitrogens is 1. The van der Waals surface area contributed by atoms with Gasteiger partial charge in [0.05, 0.1) is 11.4 Å². The van der Waals surface area contributed by atoms with E-state index >= 15 is 0 Å². The molecule has 1 aromatic carbocycles. The summed E-state index contributed by atoms with van der Waals surface area (Å²) in [5, 5.41) is 0. The number of hydrogen-bond donors (Lipinski definition) is 1. The molecule has 0 amide bonds. The number of benzene rings is 1. The minimum Gasteiger partial charge on any atom is -0.310 e. The third kappa shape index (κ3) is 4.28. The summed E-state index contributed by atoms with van der Waals surface area (Å²) in [6, 6.07) is 13.8. The highest BCUT2D eigenvalue weighted by Crippen LogP contribution is 2.26. The van der Waals surface area contributed by atoms with Gasteiger partial charge in [0.2, 0.25) is 0 Å². The van der Waals surface area contributed by atoms with Crippen LogP contribution in [-0.4, -0.2) is 32.9 Å². The largest absolute Gasteiger partial charge is 0.310 e. The number of halogens is 1. The second-order valence-corrected chi connectivity index (χ2v) is 6.94. The van der Waals surface area contributed by atoms with Crippen LogP contribution in [0.15, 0.2) is 59.5 Å². The molecule has 1 atom stereocenters. The Balaban J connectivity index is 1.54. The summed E-state index contributed by atoms with van der Waals surface area (Å²) in [5.74, 6) is 0.630. The fraction of sp³-hybridized carbons (Fsp3) is 0.286. The van der Waals surface area contributed by atoms with E-state index in [9.17, 15) is 9.18 Å². The highest BCUT2D eigenvalue weighted by atomic mass is 19.1. The summed E-state index contributed by atoms with van der Waals surface area (Å²) in [5.41, 5.74) is 2.08. The number of aromatic amines is 1. The zero-order chi connectivity index (χ0) is 18.6. The van der Waals surface area contributed by atoms with Crippen LogP contribution in [-0.2, 0) is 6.54 Å². The first-order valence-corrected chi connectivity index (χ1v) is 9.17. The molecule has 6 heteroatoms. The first-order valence-electron chi connectivity index (χ1n) is 9.17. The van der Waals surface area contributed by atoms with E-state index in [1.807, 2.05) is 24.3 Å². The summed E-state index contributed by atoms with van der Waals surface area (Å²) in [6.45, 7) is 2.43. The minimum absolute atomic E-state index is 0.142. The molecule has 27 heavy (non-hydrogen) atoms. The lowest BCUT2D eigenvalue weighted by Gasteiger charge is -2.32. The molecule has 0 aliphatic carbocycles. The molecule has 1 aliphatic rings. The molecule has 0 spiro atoms. The molecular weight excluding hydrogens is 343 g/mol. The topological polar surface area (TPSA) is 61.9 Å². The van der Waals surface area contributed by atoms with Crippen molar-refractivity contribution in [2.75, 3.05) is 13.1 Å². The number of hydrogen-bond acceptors (Lipinski definition) is 4. The van der Waals surface area contributed by atoms with Gasteiger partial charge >= 0.3 is 0 Å². The van der Waals surface area contributed by atoms with Gasteiger partial charge in [0.1, 0.15) is 11.6 Å². The van der Waals surface area contributed by atoms with Crippen LogP contribution in [0.3, 0.4) is 0 Å². The fourth-order valence-electron chi connectivity index (χ4n) is 3.63. The average Bonchev–Trinajstić information content (AvgIpc) is 2.68. The van der Waals surface area contributed by atoms with E-state index in [1.165, 1.54) is 12.1 Å². The number of pyridine rings is 1. The molecule has 0 saturated carbocycles. The highest BCUT2D eigenvalue weighted by Gasteiger charge is 2.24. The first-order chi connectivity index (χ1) is 13.2. The lowest BCUT2D eigenvalue weighted by atomic mass is 9.96. The molecule has 2 aromatic heterocycles. The van der Waals surface area contributed by atoms with E-state index in [-0.39, 0.29) is 17.3 Å². The maximum absolute atomic E-state index is 13.4. The van der Waals surface area contributed by atoms with Crippen LogP contribution in [0.4, 0.5) is 4.39 Å². The van der Waals surface area contributed by atoms with Gasteiger partial charge in [-0.25, -0.2) is 9.37 Å². The summed E-state index contributed by atoms with van der Waals surface area (Å²) < 4.78 is 13.4. The van der Waals surface area contributed by atoms with E-state index in [1.54, 1.807) is 18.3 Å². The standard InChI is InChI=1S/C21H21FN4O/c22-17-7-3-5-15(11-17)13-26-10-4-6-16(14-26)21-24-19(12-20(27)25-21)18-8-1-2-9-23-18/h1-3,5,7-9,11-12,16H,4,6,10,13-14H2,(H,24,25,27). The number of nitrogens with zero attached hydrogens (tertiary/aromatic N) is 3. The zero-order valence-corrected chi connectivity index (χ0v) is 14.9. The van der Waals surface area contributed by atoms with E-state index in [0.29, 0.717) is 23.8 Å². The summed E-state index contributed by atoms with van der Waals surface area (Å²) in [7, 11) is 0. The van der Waals surface area contributed by atoms with E-state index in [4.69, 9.17) is 0 Å². The number of rotatable bonds is 4. The highest BCUT2D eigenvalue weighted by molar-refractivity contribution is 5.52. The van der Waals surface area contributed by atoms with E-state index in [0.717, 1.165) is 31.5 Å². The predicted molar refractivity (Wildman–Crippen MR) is 102 cm³/mol. The number of nitrogens with one attached hydrogen (secondary N) is 1. The van der Waals surface area contributed by atoms with Gasteiger partial charge in [0.15, 0.2) is 0 Å². The maximum atomic E-state index is 13.4. The molecule has 1 unspecified atom stereocenters. The Morgan fingerprint density at radius 3 is 2.89 bits per heavy atom. The summed E-state index contributed by atoms with van der Waals surface area (Å²) >= 11 is 0. The third-order valence-electron chi connectivity index (χ3n) is 4.87. The van der Waals surface area contributed by atoms with Gasteiger partial charge < -0.3 is 4.98 Å². The second-order valence-electron chi connectivity index (χ2n) is 6.94. The molecular formula is C21H21FN4O. The van der Waals surface area contributed by atoms with Crippen LogP contribution in [0.5, 0.6) is 0 Å². The van der Waals surface area contributed by atoms with Gasteiger partial charge in [-0.15, -0.1) is 0 Å². The Morgan fingerprint density at radius 1 is 1.15 bits per heavy atom. The Hall–Kier alpha value is -2.86. The van der Waals surface area contributed by atoms with Gasteiger partial charge in [-0.3, -0.25) is 14.7 Å². The predicted octanol–water partition coefficient (Wildman–Crippen LogP) is 3.35. The normalized spacial score (nSPS) is 17.7. The summed E-state index contributed by atoms with van der Waals surface area (Å²) in [4.78, 5) is 26.3. The van der Waals surface area contributed by atoms with Crippen LogP contribution >= 0.6 is 0 Å².